The molecule has 0 fully saturated rings. The lowest BCUT2D eigenvalue weighted by molar-refractivity contribution is -0.161. The topological polar surface area (TPSA) is 20.2 Å². The molecule has 16 heavy (non-hydrogen) atoms. The van der Waals surface area contributed by atoms with Crippen LogP contribution in [-0.4, -0.2) is 12.5 Å². The average Bonchev–Trinajstić information content (AvgIpc) is 2.13. The number of alkyl halides is 6. The van der Waals surface area contributed by atoms with Gasteiger partial charge in [0.15, 0.2) is 0 Å². The Morgan fingerprint density at radius 3 is 1.88 bits per heavy atom. The molecule has 0 spiro atoms. The van der Waals surface area contributed by atoms with E-state index < -0.39 is 36.4 Å². The van der Waals surface area contributed by atoms with E-state index in [1.165, 1.54) is 0 Å². The van der Waals surface area contributed by atoms with Gasteiger partial charge in [-0.25, -0.2) is 0 Å². The summed E-state index contributed by atoms with van der Waals surface area (Å²) in [7, 11) is -1.10. The largest absolute Gasteiger partial charge is 0.449 e. The molecule has 0 aliphatic rings. The number of hydrogen-bond acceptors (Lipinski definition) is 1. The zero-order valence-corrected chi connectivity index (χ0v) is 7.65. The lowest BCUT2D eigenvalue weighted by Crippen LogP contribution is -2.29. The third-order valence-electron chi connectivity index (χ3n) is 1.91. The molecular weight excluding hydrogens is 237 g/mol. The fraction of sp³-hybridized carbons (Fsp3) is 0.250. The van der Waals surface area contributed by atoms with E-state index in [2.05, 4.69) is 0 Å². The summed E-state index contributed by atoms with van der Waals surface area (Å²) in [6.07, 6.45) is -10.2. The van der Waals surface area contributed by atoms with E-state index in [0.29, 0.717) is 6.07 Å². The molecule has 0 aromatic heterocycles. The molecule has 0 radical (unpaired) electrons. The maximum absolute atomic E-state index is 12.4. The van der Waals surface area contributed by atoms with Crippen LogP contribution in [-0.2, 0) is 12.4 Å². The van der Waals surface area contributed by atoms with Gasteiger partial charge in [-0.2, -0.15) is 26.3 Å². The molecule has 0 saturated heterocycles. The minimum absolute atomic E-state index is 0.335. The zero-order valence-electron chi connectivity index (χ0n) is 7.65. The van der Waals surface area contributed by atoms with Crippen LogP contribution >= 0.6 is 0 Å². The van der Waals surface area contributed by atoms with Gasteiger partial charge >= 0.3 is 19.8 Å². The molecule has 0 aliphatic heterocycles. The summed E-state index contributed by atoms with van der Waals surface area (Å²) >= 11 is 0. The first-order chi connectivity index (χ1) is 7.18. The van der Waals surface area contributed by atoms with E-state index in [0.717, 1.165) is 12.1 Å². The number of rotatable bonds is 1. The second-order valence-corrected chi connectivity index (χ2v) is 2.99. The third kappa shape index (κ3) is 2.49. The summed E-state index contributed by atoms with van der Waals surface area (Å²) in [5, 5.41) is 8.60. The molecule has 1 aromatic carbocycles. The van der Waals surface area contributed by atoms with Gasteiger partial charge in [0, 0.05) is 0 Å². The Hall–Kier alpha value is -1.18. The molecular formula is C8H5BF6O. The lowest BCUT2D eigenvalue weighted by Gasteiger charge is -2.17. The van der Waals surface area contributed by atoms with Crippen LogP contribution < -0.4 is 5.46 Å². The van der Waals surface area contributed by atoms with E-state index in [-0.39, 0.29) is 0 Å². The highest BCUT2D eigenvalue weighted by atomic mass is 19.4. The van der Waals surface area contributed by atoms with Crippen molar-refractivity contribution in [1.29, 1.82) is 0 Å². The number of halogens is 6. The van der Waals surface area contributed by atoms with Crippen molar-refractivity contribution in [3.8, 4) is 0 Å². The van der Waals surface area contributed by atoms with Gasteiger partial charge < -0.3 is 5.02 Å². The van der Waals surface area contributed by atoms with Crippen LogP contribution in [0.2, 0.25) is 0 Å². The summed E-state index contributed by atoms with van der Waals surface area (Å²) < 4.78 is 74.2. The molecule has 0 atom stereocenters. The van der Waals surface area contributed by atoms with Crippen LogP contribution in [0.25, 0.3) is 0 Å². The molecule has 0 unspecified atom stereocenters. The van der Waals surface area contributed by atoms with Gasteiger partial charge in [-0.15, -0.1) is 0 Å². The molecule has 1 aromatic rings. The van der Waals surface area contributed by atoms with Crippen LogP contribution in [0.3, 0.4) is 0 Å². The Labute approximate surface area is 87.0 Å². The molecule has 1 N–H and O–H groups in total. The summed E-state index contributed by atoms with van der Waals surface area (Å²) in [5.74, 6) is 0. The van der Waals surface area contributed by atoms with E-state index in [1.807, 2.05) is 0 Å². The van der Waals surface area contributed by atoms with Crippen molar-refractivity contribution in [2.45, 2.75) is 12.4 Å². The molecule has 1 nitrogen and oxygen atoms in total. The predicted molar refractivity (Wildman–Crippen MR) is 45.4 cm³/mol. The molecule has 0 bridgehead atoms. The van der Waals surface area contributed by atoms with Gasteiger partial charge in [0.1, 0.15) is 0 Å². The molecule has 0 aliphatic carbocycles. The van der Waals surface area contributed by atoms with Crippen molar-refractivity contribution in [2.75, 3.05) is 0 Å². The normalized spacial score (nSPS) is 12.7. The minimum Gasteiger partial charge on any atom is -0.449 e. The maximum Gasteiger partial charge on any atom is 0.416 e. The van der Waals surface area contributed by atoms with Crippen molar-refractivity contribution >= 4 is 12.9 Å². The molecule has 1 rings (SSSR count). The van der Waals surface area contributed by atoms with Crippen molar-refractivity contribution < 1.29 is 31.4 Å². The van der Waals surface area contributed by atoms with Gasteiger partial charge in [0.2, 0.25) is 0 Å². The third-order valence-corrected chi connectivity index (χ3v) is 1.91. The van der Waals surface area contributed by atoms with E-state index >= 15 is 0 Å². The second-order valence-electron chi connectivity index (χ2n) is 2.99. The summed E-state index contributed by atoms with van der Waals surface area (Å²) in [6, 6.07) is 1.96. The highest BCUT2D eigenvalue weighted by Crippen LogP contribution is 2.38. The van der Waals surface area contributed by atoms with Gasteiger partial charge in [0.05, 0.1) is 11.1 Å². The average molecular weight is 242 g/mol. The molecule has 0 heterocycles. The van der Waals surface area contributed by atoms with Gasteiger partial charge in [-0.3, -0.25) is 0 Å². The summed E-state index contributed by atoms with van der Waals surface area (Å²) in [5.41, 5.74) is -4.40. The Bertz CT molecular complexity index is 383. The number of hydrogen-bond donors (Lipinski definition) is 1. The molecule has 8 heteroatoms. The first kappa shape index (κ1) is 12.9. The Kier molecular flexibility index (Phi) is 3.23. The van der Waals surface area contributed by atoms with Crippen LogP contribution in [0, 0.1) is 0 Å². The fourth-order valence-corrected chi connectivity index (χ4v) is 1.30. The van der Waals surface area contributed by atoms with Crippen LogP contribution in [0.5, 0.6) is 0 Å². The van der Waals surface area contributed by atoms with E-state index in [9.17, 15) is 26.3 Å². The van der Waals surface area contributed by atoms with Crippen LogP contribution in [0.1, 0.15) is 11.1 Å². The Morgan fingerprint density at radius 2 is 1.50 bits per heavy atom. The van der Waals surface area contributed by atoms with Gasteiger partial charge in [-0.05, 0) is 11.5 Å². The second kappa shape index (κ2) is 4.01. The van der Waals surface area contributed by atoms with Crippen molar-refractivity contribution in [1.82, 2.24) is 0 Å². The quantitative estimate of drug-likeness (QED) is 0.586. The smallest absolute Gasteiger partial charge is 0.416 e. The lowest BCUT2D eigenvalue weighted by atomic mass is 9.82. The molecule has 88 valence electrons. The number of benzene rings is 1. The van der Waals surface area contributed by atoms with Gasteiger partial charge in [-0.1, -0.05) is 12.1 Å². The Morgan fingerprint density at radius 1 is 0.938 bits per heavy atom. The summed E-state index contributed by atoms with van der Waals surface area (Å²) in [4.78, 5) is 0. The Balaban J connectivity index is 3.51. The van der Waals surface area contributed by atoms with Gasteiger partial charge in [0.25, 0.3) is 0 Å². The standard InChI is InChI=1S/C8H5BF6O/c10-7(11,12)4-2-1-3-5(9-16)6(4)8(13,14)15/h1-3,9,16H. The predicted octanol–water partition coefficient (Wildman–Crippen LogP) is 1.69. The van der Waals surface area contributed by atoms with Crippen molar-refractivity contribution in [3.63, 3.8) is 0 Å². The van der Waals surface area contributed by atoms with E-state index in [4.69, 9.17) is 5.02 Å². The first-order valence-corrected chi connectivity index (χ1v) is 4.05. The zero-order chi connectivity index (χ0) is 12.6. The van der Waals surface area contributed by atoms with Crippen molar-refractivity contribution in [2.24, 2.45) is 0 Å². The first-order valence-electron chi connectivity index (χ1n) is 4.05. The monoisotopic (exact) mass is 242 g/mol. The maximum atomic E-state index is 12.4. The minimum atomic E-state index is -5.15. The fourth-order valence-electron chi connectivity index (χ4n) is 1.30. The molecule has 0 amide bonds. The van der Waals surface area contributed by atoms with Crippen molar-refractivity contribution in [3.05, 3.63) is 29.3 Å². The SMILES string of the molecule is OBc1cccc(C(F)(F)F)c1C(F)(F)F. The van der Waals surface area contributed by atoms with E-state index in [1.54, 1.807) is 0 Å². The highest BCUT2D eigenvalue weighted by Gasteiger charge is 2.44. The highest BCUT2D eigenvalue weighted by molar-refractivity contribution is 6.46. The molecule has 0 saturated carbocycles. The summed E-state index contributed by atoms with van der Waals surface area (Å²) in [6.45, 7) is 0. The van der Waals surface area contributed by atoms with Crippen LogP contribution in [0.4, 0.5) is 26.3 Å². The van der Waals surface area contributed by atoms with Crippen LogP contribution in [0.15, 0.2) is 18.2 Å².